The molecule has 3 rings (SSSR count). The summed E-state index contributed by atoms with van der Waals surface area (Å²) in [4.78, 5) is 23.0. The topological polar surface area (TPSA) is 67.9 Å². The average Bonchev–Trinajstić information content (AvgIpc) is 2.53. The van der Waals surface area contributed by atoms with Gasteiger partial charge in [-0.15, -0.1) is 0 Å². The Balaban J connectivity index is 1.95. The molecule has 110 valence electrons. The monoisotopic (exact) mass is 313 g/mol. The Labute approximate surface area is 131 Å². The van der Waals surface area contributed by atoms with Crippen LogP contribution in [0.15, 0.2) is 41.5 Å². The number of nitrogens with one attached hydrogen (secondary N) is 1. The van der Waals surface area contributed by atoms with Crippen LogP contribution in [0.4, 0.5) is 0 Å². The molecule has 0 atom stereocenters. The summed E-state index contributed by atoms with van der Waals surface area (Å²) in [7, 11) is 1.56. The van der Waals surface area contributed by atoms with Gasteiger partial charge in [-0.2, -0.15) is 0 Å². The summed E-state index contributed by atoms with van der Waals surface area (Å²) in [6.45, 7) is 0. The van der Waals surface area contributed by atoms with Crippen molar-refractivity contribution in [3.63, 3.8) is 0 Å². The number of halogens is 1. The Morgan fingerprint density at radius 1 is 1.27 bits per heavy atom. The van der Waals surface area contributed by atoms with Crippen LogP contribution in [0.5, 0.6) is 5.75 Å². The standard InChI is InChI=1S/C16H12ClN3O2/c1-22-14-4-2-10(8-12(14)17)3-5-15-19-13-9-18-7-6-11(13)16(21)20-15/h2-9H,1H3,(H,19,20,21). The van der Waals surface area contributed by atoms with Crippen LogP contribution in [0.2, 0.25) is 5.02 Å². The molecule has 1 N–H and O–H groups in total. The van der Waals surface area contributed by atoms with Crippen molar-refractivity contribution >= 4 is 34.7 Å². The number of hydrogen-bond donors (Lipinski definition) is 1. The number of benzene rings is 1. The molecular formula is C16H12ClN3O2. The summed E-state index contributed by atoms with van der Waals surface area (Å²) < 4.78 is 5.10. The van der Waals surface area contributed by atoms with Crippen LogP contribution >= 0.6 is 11.6 Å². The molecule has 0 amide bonds. The minimum absolute atomic E-state index is 0.195. The lowest BCUT2D eigenvalue weighted by Gasteiger charge is -2.03. The molecule has 0 aliphatic rings. The molecule has 0 aliphatic heterocycles. The summed E-state index contributed by atoms with van der Waals surface area (Å²) in [5.74, 6) is 1.07. The molecule has 1 aromatic carbocycles. The highest BCUT2D eigenvalue weighted by atomic mass is 35.5. The van der Waals surface area contributed by atoms with Gasteiger partial charge < -0.3 is 9.72 Å². The number of hydrogen-bond acceptors (Lipinski definition) is 4. The molecule has 0 spiro atoms. The number of methoxy groups -OCH3 is 1. The first-order chi connectivity index (χ1) is 10.7. The second-order valence-corrected chi connectivity index (χ2v) is 4.98. The van der Waals surface area contributed by atoms with E-state index in [0.29, 0.717) is 27.5 Å². The molecule has 22 heavy (non-hydrogen) atoms. The first kappa shape index (κ1) is 14.3. The van der Waals surface area contributed by atoms with Crippen LogP contribution in [-0.2, 0) is 0 Å². The van der Waals surface area contributed by atoms with Crippen molar-refractivity contribution < 1.29 is 4.74 Å². The maximum Gasteiger partial charge on any atom is 0.259 e. The quantitative estimate of drug-likeness (QED) is 0.806. The predicted molar refractivity (Wildman–Crippen MR) is 87.1 cm³/mol. The molecule has 0 fully saturated rings. The van der Waals surface area contributed by atoms with Crippen LogP contribution < -0.4 is 10.3 Å². The second kappa shape index (κ2) is 5.99. The third kappa shape index (κ3) is 2.84. The molecule has 0 saturated heterocycles. The maximum absolute atomic E-state index is 12.0. The van der Waals surface area contributed by atoms with Gasteiger partial charge in [0.2, 0.25) is 0 Å². The van der Waals surface area contributed by atoms with Gasteiger partial charge in [0.25, 0.3) is 5.56 Å². The van der Waals surface area contributed by atoms with Crippen molar-refractivity contribution in [1.82, 2.24) is 15.0 Å². The van der Waals surface area contributed by atoms with E-state index in [1.807, 2.05) is 12.1 Å². The molecule has 2 heterocycles. The molecule has 2 aromatic heterocycles. The largest absolute Gasteiger partial charge is 0.495 e. The van der Waals surface area contributed by atoms with Gasteiger partial charge in [-0.05, 0) is 29.8 Å². The van der Waals surface area contributed by atoms with Crippen LogP contribution in [0.3, 0.4) is 0 Å². The summed E-state index contributed by atoms with van der Waals surface area (Å²) >= 11 is 6.07. The number of fused-ring (bicyclic) bond motifs is 1. The molecule has 0 saturated carbocycles. The number of pyridine rings is 1. The molecular weight excluding hydrogens is 302 g/mol. The van der Waals surface area contributed by atoms with Gasteiger partial charge in [0, 0.05) is 6.20 Å². The van der Waals surface area contributed by atoms with Crippen molar-refractivity contribution in [2.24, 2.45) is 0 Å². The van der Waals surface area contributed by atoms with Crippen molar-refractivity contribution in [1.29, 1.82) is 0 Å². The zero-order valence-corrected chi connectivity index (χ0v) is 12.5. The van der Waals surface area contributed by atoms with E-state index in [0.717, 1.165) is 5.56 Å². The van der Waals surface area contributed by atoms with E-state index < -0.39 is 0 Å². The lowest BCUT2D eigenvalue weighted by molar-refractivity contribution is 0.415. The summed E-state index contributed by atoms with van der Waals surface area (Å²) in [5, 5.41) is 1.04. The van der Waals surface area contributed by atoms with Gasteiger partial charge in [0.15, 0.2) is 0 Å². The van der Waals surface area contributed by atoms with E-state index in [9.17, 15) is 4.79 Å². The molecule has 0 radical (unpaired) electrons. The van der Waals surface area contributed by atoms with Crippen LogP contribution in [0, 0.1) is 0 Å². The zero-order chi connectivity index (χ0) is 15.5. The molecule has 0 bridgehead atoms. The SMILES string of the molecule is COc1ccc(C=Cc2nc3cnccc3c(=O)[nH]2)cc1Cl. The zero-order valence-electron chi connectivity index (χ0n) is 11.7. The molecule has 3 aromatic rings. The van der Waals surface area contributed by atoms with Gasteiger partial charge in [0.05, 0.1) is 29.2 Å². The van der Waals surface area contributed by atoms with Gasteiger partial charge in [-0.1, -0.05) is 23.7 Å². The van der Waals surface area contributed by atoms with Crippen LogP contribution in [0.25, 0.3) is 23.1 Å². The van der Waals surface area contributed by atoms with Gasteiger partial charge >= 0.3 is 0 Å². The van der Waals surface area contributed by atoms with E-state index >= 15 is 0 Å². The third-order valence-electron chi connectivity index (χ3n) is 3.14. The van der Waals surface area contributed by atoms with E-state index in [-0.39, 0.29) is 5.56 Å². The first-order valence-corrected chi connectivity index (χ1v) is 6.91. The number of H-pyrrole nitrogens is 1. The molecule has 6 heteroatoms. The van der Waals surface area contributed by atoms with Gasteiger partial charge in [-0.3, -0.25) is 9.78 Å². The number of ether oxygens (including phenoxy) is 1. The summed E-state index contributed by atoms with van der Waals surface area (Å²) in [5.41, 5.74) is 1.23. The Bertz CT molecular complexity index is 919. The fraction of sp³-hybridized carbons (Fsp3) is 0.0625. The van der Waals surface area contributed by atoms with E-state index in [1.165, 1.54) is 0 Å². The first-order valence-electron chi connectivity index (χ1n) is 6.53. The van der Waals surface area contributed by atoms with Gasteiger partial charge in [0.1, 0.15) is 11.6 Å². The number of rotatable bonds is 3. The van der Waals surface area contributed by atoms with E-state index in [2.05, 4.69) is 15.0 Å². The molecule has 0 unspecified atom stereocenters. The fourth-order valence-electron chi connectivity index (χ4n) is 2.05. The lowest BCUT2D eigenvalue weighted by Crippen LogP contribution is -2.09. The number of nitrogens with zero attached hydrogens (tertiary/aromatic N) is 2. The fourth-order valence-corrected chi connectivity index (χ4v) is 2.32. The Hall–Kier alpha value is -2.66. The minimum Gasteiger partial charge on any atom is -0.495 e. The average molecular weight is 314 g/mol. The minimum atomic E-state index is -0.195. The summed E-state index contributed by atoms with van der Waals surface area (Å²) in [6.07, 6.45) is 6.65. The summed E-state index contributed by atoms with van der Waals surface area (Å²) in [6, 6.07) is 7.06. The van der Waals surface area contributed by atoms with Crippen molar-refractivity contribution in [2.75, 3.05) is 7.11 Å². The van der Waals surface area contributed by atoms with Crippen LogP contribution in [-0.4, -0.2) is 22.1 Å². The van der Waals surface area contributed by atoms with Crippen LogP contribution in [0.1, 0.15) is 11.4 Å². The normalized spacial score (nSPS) is 11.2. The molecule has 0 aliphatic carbocycles. The van der Waals surface area contributed by atoms with Crippen molar-refractivity contribution in [3.05, 3.63) is 63.4 Å². The highest BCUT2D eigenvalue weighted by molar-refractivity contribution is 6.32. The maximum atomic E-state index is 12.0. The van der Waals surface area contributed by atoms with Crippen molar-refractivity contribution in [2.45, 2.75) is 0 Å². The predicted octanol–water partition coefficient (Wildman–Crippen LogP) is 3.15. The highest BCUT2D eigenvalue weighted by Gasteiger charge is 2.02. The Morgan fingerprint density at radius 3 is 2.91 bits per heavy atom. The van der Waals surface area contributed by atoms with E-state index in [4.69, 9.17) is 16.3 Å². The van der Waals surface area contributed by atoms with Crippen molar-refractivity contribution in [3.8, 4) is 5.75 Å². The Morgan fingerprint density at radius 2 is 2.14 bits per heavy atom. The van der Waals surface area contributed by atoms with Gasteiger partial charge in [-0.25, -0.2) is 4.98 Å². The third-order valence-corrected chi connectivity index (χ3v) is 3.43. The Kier molecular flexibility index (Phi) is 3.89. The smallest absolute Gasteiger partial charge is 0.259 e. The molecule has 5 nitrogen and oxygen atoms in total. The lowest BCUT2D eigenvalue weighted by atomic mass is 10.2. The second-order valence-electron chi connectivity index (χ2n) is 4.57. The van der Waals surface area contributed by atoms with E-state index in [1.54, 1.807) is 43.8 Å². The number of aromatic nitrogens is 3. The highest BCUT2D eigenvalue weighted by Crippen LogP contribution is 2.25. The number of aromatic amines is 1.